The summed E-state index contributed by atoms with van der Waals surface area (Å²) in [6.07, 6.45) is 6.25. The fourth-order valence-corrected chi connectivity index (χ4v) is 4.20. The molecule has 0 saturated heterocycles. The highest BCUT2D eigenvalue weighted by atomic mass is 16.3. The standard InChI is InChI=1S/C14H26O2/c1-3-9(4-2)11-7-5-10-6-8-12(15)13(10)14(11)16/h9-16H,3-8H2,1-2H3. The van der Waals surface area contributed by atoms with E-state index in [1.807, 2.05) is 0 Å². The average molecular weight is 226 g/mol. The Bertz CT molecular complexity index is 225. The molecule has 2 N–H and O–H groups in total. The highest BCUT2D eigenvalue weighted by Gasteiger charge is 2.46. The van der Waals surface area contributed by atoms with E-state index in [2.05, 4.69) is 13.8 Å². The molecule has 0 amide bonds. The van der Waals surface area contributed by atoms with Gasteiger partial charge >= 0.3 is 0 Å². The van der Waals surface area contributed by atoms with Gasteiger partial charge in [0.25, 0.3) is 0 Å². The molecule has 2 fully saturated rings. The van der Waals surface area contributed by atoms with Gasteiger partial charge in [0.05, 0.1) is 12.2 Å². The maximum Gasteiger partial charge on any atom is 0.0626 e. The molecule has 0 aromatic carbocycles. The highest BCUT2D eigenvalue weighted by Crippen LogP contribution is 2.47. The Morgan fingerprint density at radius 2 is 1.62 bits per heavy atom. The van der Waals surface area contributed by atoms with Crippen molar-refractivity contribution in [1.29, 1.82) is 0 Å². The lowest BCUT2D eigenvalue weighted by Gasteiger charge is -2.41. The van der Waals surface area contributed by atoms with Crippen molar-refractivity contribution in [3.8, 4) is 0 Å². The second-order valence-corrected chi connectivity index (χ2v) is 5.79. The lowest BCUT2D eigenvalue weighted by molar-refractivity contribution is -0.0650. The van der Waals surface area contributed by atoms with E-state index in [1.165, 1.54) is 12.8 Å². The zero-order valence-electron chi connectivity index (χ0n) is 10.6. The second kappa shape index (κ2) is 5.05. The summed E-state index contributed by atoms with van der Waals surface area (Å²) in [5, 5.41) is 20.5. The SMILES string of the molecule is CCC(CC)C1CCC2CCC(O)C2C1O. The van der Waals surface area contributed by atoms with Gasteiger partial charge in [0.15, 0.2) is 0 Å². The minimum atomic E-state index is -0.249. The van der Waals surface area contributed by atoms with Crippen molar-refractivity contribution in [3.63, 3.8) is 0 Å². The van der Waals surface area contributed by atoms with E-state index in [0.717, 1.165) is 25.7 Å². The van der Waals surface area contributed by atoms with Crippen LogP contribution in [0.5, 0.6) is 0 Å². The number of hydrogen-bond donors (Lipinski definition) is 2. The van der Waals surface area contributed by atoms with Gasteiger partial charge in [-0.1, -0.05) is 26.7 Å². The number of fused-ring (bicyclic) bond motifs is 1. The van der Waals surface area contributed by atoms with Crippen LogP contribution in [0, 0.1) is 23.7 Å². The number of aliphatic hydroxyl groups is 2. The molecule has 2 heteroatoms. The van der Waals surface area contributed by atoms with E-state index in [9.17, 15) is 10.2 Å². The van der Waals surface area contributed by atoms with Crippen LogP contribution in [0.4, 0.5) is 0 Å². The first-order chi connectivity index (χ1) is 7.69. The lowest BCUT2D eigenvalue weighted by atomic mass is 9.67. The minimum absolute atomic E-state index is 0.180. The first kappa shape index (κ1) is 12.4. The monoisotopic (exact) mass is 226 g/mol. The van der Waals surface area contributed by atoms with Gasteiger partial charge < -0.3 is 10.2 Å². The Labute approximate surface area is 99.1 Å². The van der Waals surface area contributed by atoms with E-state index in [1.54, 1.807) is 0 Å². The number of rotatable bonds is 3. The molecule has 2 rings (SSSR count). The zero-order valence-corrected chi connectivity index (χ0v) is 10.6. The quantitative estimate of drug-likeness (QED) is 0.776. The van der Waals surface area contributed by atoms with Crippen LogP contribution < -0.4 is 0 Å². The van der Waals surface area contributed by atoms with Crippen molar-refractivity contribution < 1.29 is 10.2 Å². The average Bonchev–Trinajstić information content (AvgIpc) is 2.66. The molecule has 0 aromatic heterocycles. The third-order valence-corrected chi connectivity index (χ3v) is 5.18. The maximum atomic E-state index is 10.5. The highest BCUT2D eigenvalue weighted by molar-refractivity contribution is 4.96. The first-order valence-electron chi connectivity index (χ1n) is 7.05. The van der Waals surface area contributed by atoms with Crippen molar-refractivity contribution in [2.24, 2.45) is 23.7 Å². The maximum absolute atomic E-state index is 10.5. The number of hydrogen-bond acceptors (Lipinski definition) is 2. The molecule has 0 radical (unpaired) electrons. The third-order valence-electron chi connectivity index (χ3n) is 5.18. The Balaban J connectivity index is 2.07. The van der Waals surface area contributed by atoms with Crippen molar-refractivity contribution in [1.82, 2.24) is 0 Å². The summed E-state index contributed by atoms with van der Waals surface area (Å²) < 4.78 is 0. The van der Waals surface area contributed by atoms with Crippen LogP contribution in [-0.2, 0) is 0 Å². The summed E-state index contributed by atoms with van der Waals surface area (Å²) >= 11 is 0. The predicted octanol–water partition coefficient (Wildman–Crippen LogP) is 2.58. The minimum Gasteiger partial charge on any atom is -0.393 e. The summed E-state index contributed by atoms with van der Waals surface area (Å²) in [4.78, 5) is 0. The van der Waals surface area contributed by atoms with E-state index >= 15 is 0 Å². The molecule has 0 aliphatic heterocycles. The number of aliphatic hydroxyl groups excluding tert-OH is 2. The molecule has 0 aromatic rings. The van der Waals surface area contributed by atoms with Crippen LogP contribution in [0.25, 0.3) is 0 Å². The van der Waals surface area contributed by atoms with Crippen LogP contribution in [-0.4, -0.2) is 22.4 Å². The molecule has 2 aliphatic rings. The Morgan fingerprint density at radius 1 is 1.00 bits per heavy atom. The molecule has 5 unspecified atom stereocenters. The van der Waals surface area contributed by atoms with Crippen LogP contribution in [0.15, 0.2) is 0 Å². The molecule has 16 heavy (non-hydrogen) atoms. The van der Waals surface area contributed by atoms with Crippen LogP contribution in [0.1, 0.15) is 52.4 Å². The second-order valence-electron chi connectivity index (χ2n) is 5.79. The first-order valence-corrected chi connectivity index (χ1v) is 7.05. The summed E-state index contributed by atoms with van der Waals surface area (Å²) in [6.45, 7) is 4.44. The molecular weight excluding hydrogens is 200 g/mol. The largest absolute Gasteiger partial charge is 0.393 e. The molecule has 0 heterocycles. The fraction of sp³-hybridized carbons (Fsp3) is 1.00. The van der Waals surface area contributed by atoms with E-state index in [0.29, 0.717) is 17.8 Å². The molecule has 2 aliphatic carbocycles. The van der Waals surface area contributed by atoms with Crippen molar-refractivity contribution in [3.05, 3.63) is 0 Å². The summed E-state index contributed by atoms with van der Waals surface area (Å²) in [5.41, 5.74) is 0. The van der Waals surface area contributed by atoms with Gasteiger partial charge in [-0.3, -0.25) is 0 Å². The Kier molecular flexibility index (Phi) is 3.91. The van der Waals surface area contributed by atoms with E-state index in [-0.39, 0.29) is 18.1 Å². The third kappa shape index (κ3) is 2.02. The summed E-state index contributed by atoms with van der Waals surface area (Å²) in [6, 6.07) is 0. The smallest absolute Gasteiger partial charge is 0.0626 e. The Morgan fingerprint density at radius 3 is 2.25 bits per heavy atom. The normalized spacial score (nSPS) is 43.7. The van der Waals surface area contributed by atoms with Gasteiger partial charge in [-0.05, 0) is 43.4 Å². The fourth-order valence-electron chi connectivity index (χ4n) is 4.20. The van der Waals surface area contributed by atoms with Crippen LogP contribution >= 0.6 is 0 Å². The summed E-state index contributed by atoms with van der Waals surface area (Å²) in [7, 11) is 0. The van der Waals surface area contributed by atoms with E-state index in [4.69, 9.17) is 0 Å². The van der Waals surface area contributed by atoms with Gasteiger partial charge in [-0.15, -0.1) is 0 Å². The molecule has 2 nitrogen and oxygen atoms in total. The van der Waals surface area contributed by atoms with Gasteiger partial charge in [0.1, 0.15) is 0 Å². The van der Waals surface area contributed by atoms with E-state index < -0.39 is 0 Å². The van der Waals surface area contributed by atoms with Gasteiger partial charge in [0.2, 0.25) is 0 Å². The summed E-state index contributed by atoms with van der Waals surface area (Å²) in [5.74, 6) is 1.85. The van der Waals surface area contributed by atoms with Crippen LogP contribution in [0.3, 0.4) is 0 Å². The van der Waals surface area contributed by atoms with Crippen LogP contribution in [0.2, 0.25) is 0 Å². The van der Waals surface area contributed by atoms with Gasteiger partial charge in [-0.25, -0.2) is 0 Å². The molecule has 0 bridgehead atoms. The molecule has 94 valence electrons. The molecule has 0 spiro atoms. The van der Waals surface area contributed by atoms with Crippen molar-refractivity contribution in [2.75, 3.05) is 0 Å². The Hall–Kier alpha value is -0.0800. The van der Waals surface area contributed by atoms with Gasteiger partial charge in [-0.2, -0.15) is 0 Å². The topological polar surface area (TPSA) is 40.5 Å². The molecule has 5 atom stereocenters. The van der Waals surface area contributed by atoms with Crippen molar-refractivity contribution in [2.45, 2.75) is 64.6 Å². The predicted molar refractivity (Wildman–Crippen MR) is 65.0 cm³/mol. The van der Waals surface area contributed by atoms with Gasteiger partial charge in [0, 0.05) is 5.92 Å². The lowest BCUT2D eigenvalue weighted by Crippen LogP contribution is -2.43. The molecule has 2 saturated carbocycles. The van der Waals surface area contributed by atoms with Crippen molar-refractivity contribution >= 4 is 0 Å². The molecular formula is C14H26O2. The zero-order chi connectivity index (χ0) is 11.7.